The van der Waals surface area contributed by atoms with Gasteiger partial charge in [0.15, 0.2) is 9.84 Å². The molecule has 2 aliphatic heterocycles. The third kappa shape index (κ3) is 5.19. The third-order valence-corrected chi connectivity index (χ3v) is 8.61. The van der Waals surface area contributed by atoms with Crippen molar-refractivity contribution in [3.05, 3.63) is 107 Å². The SMILES string of the molecule is O=S1(=O)CC(COc2ccccc2)=C2[C@@H](CC/C(=C/c3ccccc3O)c3ccccc3)OC[C@@H]21. The van der Waals surface area contributed by atoms with Gasteiger partial charge in [-0.05, 0) is 59.4 Å². The number of phenolic OH excluding ortho intramolecular Hbond substituents is 1. The zero-order chi connectivity index (χ0) is 24.3. The number of hydrogen-bond acceptors (Lipinski definition) is 5. The van der Waals surface area contributed by atoms with Gasteiger partial charge in [-0.1, -0.05) is 66.7 Å². The molecule has 0 saturated carbocycles. The van der Waals surface area contributed by atoms with Crippen molar-refractivity contribution >= 4 is 21.5 Å². The van der Waals surface area contributed by atoms with E-state index in [1.54, 1.807) is 12.1 Å². The van der Waals surface area contributed by atoms with E-state index in [2.05, 4.69) is 0 Å². The summed E-state index contributed by atoms with van der Waals surface area (Å²) in [4.78, 5) is 0. The maximum absolute atomic E-state index is 12.8. The average molecular weight is 489 g/mol. The molecule has 1 N–H and O–H groups in total. The number of aromatic hydroxyl groups is 1. The van der Waals surface area contributed by atoms with Crippen molar-refractivity contribution in [1.29, 1.82) is 0 Å². The van der Waals surface area contributed by atoms with Gasteiger partial charge in [0.25, 0.3) is 0 Å². The van der Waals surface area contributed by atoms with E-state index in [0.717, 1.165) is 27.8 Å². The Morgan fingerprint density at radius 1 is 0.971 bits per heavy atom. The molecule has 0 aromatic heterocycles. The van der Waals surface area contributed by atoms with Gasteiger partial charge >= 0.3 is 0 Å². The van der Waals surface area contributed by atoms with Crippen molar-refractivity contribution in [2.45, 2.75) is 24.2 Å². The normalized spacial score (nSPS) is 21.2. The van der Waals surface area contributed by atoms with Gasteiger partial charge in [0.2, 0.25) is 0 Å². The van der Waals surface area contributed by atoms with E-state index in [1.165, 1.54) is 0 Å². The first-order chi connectivity index (χ1) is 17.0. The molecule has 2 aliphatic rings. The quantitative estimate of drug-likeness (QED) is 0.345. The predicted molar refractivity (Wildman–Crippen MR) is 138 cm³/mol. The van der Waals surface area contributed by atoms with Crippen LogP contribution in [0.15, 0.2) is 96.1 Å². The number of benzene rings is 3. The van der Waals surface area contributed by atoms with E-state index >= 15 is 0 Å². The fourth-order valence-corrected chi connectivity index (χ4v) is 6.78. The summed E-state index contributed by atoms with van der Waals surface area (Å²) in [6.07, 6.45) is 3.04. The van der Waals surface area contributed by atoms with Crippen LogP contribution in [0.1, 0.15) is 24.0 Å². The molecule has 1 saturated heterocycles. The second kappa shape index (κ2) is 10.1. The Morgan fingerprint density at radius 3 is 2.40 bits per heavy atom. The van der Waals surface area contributed by atoms with Gasteiger partial charge in [0, 0.05) is 5.56 Å². The molecule has 6 heteroatoms. The Morgan fingerprint density at radius 2 is 1.66 bits per heavy atom. The summed E-state index contributed by atoms with van der Waals surface area (Å²) in [7, 11) is -3.28. The lowest BCUT2D eigenvalue weighted by molar-refractivity contribution is 0.118. The number of sulfone groups is 1. The number of ether oxygens (including phenoxy) is 2. The summed E-state index contributed by atoms with van der Waals surface area (Å²) < 4.78 is 37.6. The Kier molecular flexibility index (Phi) is 6.75. The fraction of sp³-hybridized carbons (Fsp3) is 0.241. The molecule has 0 spiro atoms. The van der Waals surface area contributed by atoms with Crippen LogP contribution in [0.5, 0.6) is 11.5 Å². The van der Waals surface area contributed by atoms with Crippen LogP contribution in [0.3, 0.4) is 0 Å². The van der Waals surface area contributed by atoms with Crippen molar-refractivity contribution in [3.63, 3.8) is 0 Å². The lowest BCUT2D eigenvalue weighted by atomic mass is 9.93. The number of allylic oxidation sites excluding steroid dienone is 1. The molecule has 180 valence electrons. The van der Waals surface area contributed by atoms with Crippen molar-refractivity contribution < 1.29 is 23.0 Å². The topological polar surface area (TPSA) is 72.8 Å². The second-order valence-corrected chi connectivity index (χ2v) is 11.1. The van der Waals surface area contributed by atoms with Crippen LogP contribution in [0, 0.1) is 0 Å². The van der Waals surface area contributed by atoms with E-state index in [4.69, 9.17) is 9.47 Å². The summed E-state index contributed by atoms with van der Waals surface area (Å²) >= 11 is 0. The Hall–Kier alpha value is -3.35. The zero-order valence-corrected chi connectivity index (χ0v) is 20.2. The summed E-state index contributed by atoms with van der Waals surface area (Å²) in [5.74, 6) is 0.968. The van der Waals surface area contributed by atoms with E-state index < -0.39 is 15.1 Å². The number of hydrogen-bond donors (Lipinski definition) is 1. The lowest BCUT2D eigenvalue weighted by Crippen LogP contribution is -2.19. The molecule has 0 radical (unpaired) electrons. The van der Waals surface area contributed by atoms with Crippen LogP contribution >= 0.6 is 0 Å². The molecular weight excluding hydrogens is 460 g/mol. The van der Waals surface area contributed by atoms with Crippen LogP contribution in [0.25, 0.3) is 11.6 Å². The average Bonchev–Trinajstić information content (AvgIpc) is 3.42. The number of phenols is 1. The van der Waals surface area contributed by atoms with Gasteiger partial charge < -0.3 is 14.6 Å². The number of fused-ring (bicyclic) bond motifs is 1. The highest BCUT2D eigenvalue weighted by molar-refractivity contribution is 7.92. The molecule has 3 aromatic carbocycles. The summed E-state index contributed by atoms with van der Waals surface area (Å²) in [6.45, 7) is 0.440. The maximum Gasteiger partial charge on any atom is 0.163 e. The molecule has 5 rings (SSSR count). The van der Waals surface area contributed by atoms with E-state index in [0.29, 0.717) is 18.6 Å². The van der Waals surface area contributed by atoms with Crippen LogP contribution in [-0.4, -0.2) is 43.8 Å². The highest BCUT2D eigenvalue weighted by atomic mass is 32.2. The summed E-state index contributed by atoms with van der Waals surface area (Å²) in [5, 5.41) is 9.72. The van der Waals surface area contributed by atoms with E-state index in [1.807, 2.05) is 78.9 Å². The Labute approximate surface area is 206 Å². The largest absolute Gasteiger partial charge is 0.507 e. The van der Waals surface area contributed by atoms with Gasteiger partial charge in [-0.25, -0.2) is 8.42 Å². The van der Waals surface area contributed by atoms with Gasteiger partial charge in [-0.15, -0.1) is 0 Å². The van der Waals surface area contributed by atoms with Crippen LogP contribution in [0.4, 0.5) is 0 Å². The van der Waals surface area contributed by atoms with Crippen molar-refractivity contribution in [3.8, 4) is 11.5 Å². The fourth-order valence-electron chi connectivity index (χ4n) is 4.86. The minimum atomic E-state index is -3.28. The molecule has 1 fully saturated rings. The van der Waals surface area contributed by atoms with E-state index in [9.17, 15) is 13.5 Å². The summed E-state index contributed by atoms with van der Waals surface area (Å²) in [6, 6.07) is 26.7. The first kappa shape index (κ1) is 23.4. The number of rotatable bonds is 8. The Balaban J connectivity index is 1.39. The zero-order valence-electron chi connectivity index (χ0n) is 19.3. The number of para-hydroxylation sites is 2. The first-order valence-corrected chi connectivity index (χ1v) is 13.5. The highest BCUT2D eigenvalue weighted by Gasteiger charge is 2.47. The first-order valence-electron chi connectivity index (χ1n) is 11.8. The minimum Gasteiger partial charge on any atom is -0.507 e. The second-order valence-electron chi connectivity index (χ2n) is 8.91. The van der Waals surface area contributed by atoms with Gasteiger partial charge in [0.05, 0.1) is 18.5 Å². The third-order valence-electron chi connectivity index (χ3n) is 6.60. The highest BCUT2D eigenvalue weighted by Crippen LogP contribution is 2.39. The maximum atomic E-state index is 12.8. The molecule has 35 heavy (non-hydrogen) atoms. The molecule has 2 atom stereocenters. The van der Waals surface area contributed by atoms with Crippen LogP contribution in [-0.2, 0) is 14.6 Å². The van der Waals surface area contributed by atoms with Crippen LogP contribution < -0.4 is 4.74 Å². The Bertz CT molecular complexity index is 1340. The van der Waals surface area contributed by atoms with Crippen LogP contribution in [0.2, 0.25) is 0 Å². The summed E-state index contributed by atoms with van der Waals surface area (Å²) in [5.41, 5.74) is 4.55. The monoisotopic (exact) mass is 488 g/mol. The standard InChI is InChI=1S/C29H28O5S/c30-26-14-8-7-11-23(26)17-22(21-9-3-1-4-10-21)15-16-27-29-24(18-33-25-12-5-2-6-13-25)20-35(31,32)28(29)19-34-27/h1-14,17,27-28,30H,15-16,18-20H2/b22-17-/t27-,28+/m1/s1. The minimum absolute atomic E-state index is 0.0267. The van der Waals surface area contributed by atoms with Gasteiger partial charge in [-0.2, -0.15) is 0 Å². The molecule has 0 unspecified atom stereocenters. The van der Waals surface area contributed by atoms with Crippen molar-refractivity contribution in [2.75, 3.05) is 19.0 Å². The molecule has 2 heterocycles. The smallest absolute Gasteiger partial charge is 0.163 e. The van der Waals surface area contributed by atoms with Gasteiger partial charge in [-0.3, -0.25) is 0 Å². The van der Waals surface area contributed by atoms with Crippen molar-refractivity contribution in [2.24, 2.45) is 0 Å². The van der Waals surface area contributed by atoms with E-state index in [-0.39, 0.29) is 30.8 Å². The lowest BCUT2D eigenvalue weighted by Gasteiger charge is -2.16. The molecular formula is C29H28O5S. The molecule has 3 aromatic rings. The molecule has 0 bridgehead atoms. The molecule has 5 nitrogen and oxygen atoms in total. The van der Waals surface area contributed by atoms with Gasteiger partial charge in [0.1, 0.15) is 23.4 Å². The predicted octanol–water partition coefficient (Wildman–Crippen LogP) is 5.28. The van der Waals surface area contributed by atoms with Crippen molar-refractivity contribution in [1.82, 2.24) is 0 Å². The molecule has 0 aliphatic carbocycles. The molecule has 0 amide bonds.